The highest BCUT2D eigenvalue weighted by molar-refractivity contribution is 5.31. The normalized spacial score (nSPS) is 13.4. The molecule has 0 aliphatic heterocycles. The average Bonchev–Trinajstić information content (AvgIpc) is 2.85. The van der Waals surface area contributed by atoms with Crippen LogP contribution in [0.2, 0.25) is 0 Å². The maximum atomic E-state index is 12.9. The highest BCUT2D eigenvalue weighted by atomic mass is 19.4. The molecule has 21 heavy (non-hydrogen) atoms. The molecule has 0 bridgehead atoms. The lowest BCUT2D eigenvalue weighted by atomic mass is 10.0. The van der Waals surface area contributed by atoms with E-state index in [2.05, 4.69) is 10.3 Å². The van der Waals surface area contributed by atoms with Crippen LogP contribution in [-0.2, 0) is 19.0 Å². The Morgan fingerprint density at radius 1 is 1.29 bits per heavy atom. The molecule has 6 heteroatoms. The SMILES string of the molecule is CNC(C)Cc1coc(Cc2ccccc2C(F)(F)F)n1. The number of hydrogen-bond donors (Lipinski definition) is 1. The largest absolute Gasteiger partial charge is 0.448 e. The van der Waals surface area contributed by atoms with E-state index in [-0.39, 0.29) is 18.0 Å². The summed E-state index contributed by atoms with van der Waals surface area (Å²) in [5.74, 6) is 0.296. The Hall–Kier alpha value is -1.82. The van der Waals surface area contributed by atoms with Gasteiger partial charge in [-0.15, -0.1) is 0 Å². The number of halogens is 3. The van der Waals surface area contributed by atoms with Crippen molar-refractivity contribution in [3.05, 3.63) is 53.2 Å². The van der Waals surface area contributed by atoms with Gasteiger partial charge >= 0.3 is 6.18 Å². The first-order chi connectivity index (χ1) is 9.90. The minimum absolute atomic E-state index is 0.0314. The Morgan fingerprint density at radius 3 is 2.67 bits per heavy atom. The Morgan fingerprint density at radius 2 is 2.00 bits per heavy atom. The average molecular weight is 298 g/mol. The van der Waals surface area contributed by atoms with Crippen LogP contribution in [0.1, 0.15) is 29.6 Å². The topological polar surface area (TPSA) is 38.1 Å². The van der Waals surface area contributed by atoms with E-state index in [9.17, 15) is 13.2 Å². The molecule has 114 valence electrons. The zero-order valence-corrected chi connectivity index (χ0v) is 11.9. The highest BCUT2D eigenvalue weighted by Crippen LogP contribution is 2.32. The van der Waals surface area contributed by atoms with Gasteiger partial charge in [0, 0.05) is 18.9 Å². The van der Waals surface area contributed by atoms with Gasteiger partial charge in [-0.3, -0.25) is 0 Å². The van der Waals surface area contributed by atoms with Gasteiger partial charge in [-0.2, -0.15) is 13.2 Å². The van der Waals surface area contributed by atoms with Gasteiger partial charge < -0.3 is 9.73 Å². The van der Waals surface area contributed by atoms with Crippen molar-refractivity contribution in [1.29, 1.82) is 0 Å². The van der Waals surface area contributed by atoms with Crippen molar-refractivity contribution in [2.75, 3.05) is 7.05 Å². The first-order valence-corrected chi connectivity index (χ1v) is 6.65. The van der Waals surface area contributed by atoms with E-state index in [4.69, 9.17) is 4.42 Å². The Kier molecular flexibility index (Phi) is 4.67. The zero-order chi connectivity index (χ0) is 15.5. The second-order valence-electron chi connectivity index (χ2n) is 4.96. The summed E-state index contributed by atoms with van der Waals surface area (Å²) in [5.41, 5.74) is 0.254. The number of likely N-dealkylation sites (N-methyl/N-ethyl adjacent to an activating group) is 1. The van der Waals surface area contributed by atoms with Crippen molar-refractivity contribution in [2.24, 2.45) is 0 Å². The van der Waals surface area contributed by atoms with Crippen LogP contribution in [0.4, 0.5) is 13.2 Å². The summed E-state index contributed by atoms with van der Waals surface area (Å²) >= 11 is 0. The molecule has 0 spiro atoms. The number of rotatable bonds is 5. The first-order valence-electron chi connectivity index (χ1n) is 6.65. The molecule has 0 saturated carbocycles. The summed E-state index contributed by atoms with van der Waals surface area (Å²) in [7, 11) is 1.84. The lowest BCUT2D eigenvalue weighted by molar-refractivity contribution is -0.138. The van der Waals surface area contributed by atoms with Gasteiger partial charge in [-0.25, -0.2) is 4.98 Å². The molecule has 0 aliphatic rings. The van der Waals surface area contributed by atoms with Crippen LogP contribution in [0.25, 0.3) is 0 Å². The van der Waals surface area contributed by atoms with Crippen LogP contribution >= 0.6 is 0 Å². The number of hydrogen-bond acceptors (Lipinski definition) is 3. The fourth-order valence-electron chi connectivity index (χ4n) is 2.05. The molecule has 0 saturated heterocycles. The minimum atomic E-state index is -4.37. The van der Waals surface area contributed by atoms with Gasteiger partial charge in [0.1, 0.15) is 6.26 Å². The Bertz CT molecular complexity index is 593. The van der Waals surface area contributed by atoms with E-state index in [0.29, 0.717) is 12.3 Å². The summed E-state index contributed by atoms with van der Waals surface area (Å²) in [4.78, 5) is 4.24. The van der Waals surface area contributed by atoms with E-state index < -0.39 is 11.7 Å². The highest BCUT2D eigenvalue weighted by Gasteiger charge is 2.33. The lowest BCUT2D eigenvalue weighted by Gasteiger charge is -2.11. The van der Waals surface area contributed by atoms with Crippen molar-refractivity contribution in [3.8, 4) is 0 Å². The van der Waals surface area contributed by atoms with E-state index in [0.717, 1.165) is 11.8 Å². The van der Waals surface area contributed by atoms with Crippen molar-refractivity contribution in [3.63, 3.8) is 0 Å². The molecule has 0 amide bonds. The lowest BCUT2D eigenvalue weighted by Crippen LogP contribution is -2.23. The van der Waals surface area contributed by atoms with Gasteiger partial charge in [-0.1, -0.05) is 18.2 Å². The van der Waals surface area contributed by atoms with E-state index in [1.165, 1.54) is 18.4 Å². The summed E-state index contributed by atoms with van der Waals surface area (Å²) < 4.78 is 44.0. The quantitative estimate of drug-likeness (QED) is 0.919. The fraction of sp³-hybridized carbons (Fsp3) is 0.400. The van der Waals surface area contributed by atoms with E-state index in [1.807, 2.05) is 14.0 Å². The molecule has 1 aromatic carbocycles. The van der Waals surface area contributed by atoms with Gasteiger partial charge in [0.15, 0.2) is 5.89 Å². The van der Waals surface area contributed by atoms with Gasteiger partial charge in [0.05, 0.1) is 11.3 Å². The monoisotopic (exact) mass is 298 g/mol. The van der Waals surface area contributed by atoms with Crippen LogP contribution in [0.15, 0.2) is 34.9 Å². The van der Waals surface area contributed by atoms with E-state index in [1.54, 1.807) is 6.07 Å². The Balaban J connectivity index is 2.16. The number of benzene rings is 1. The first kappa shape index (κ1) is 15.6. The number of aromatic nitrogens is 1. The molecule has 2 aromatic rings. The zero-order valence-electron chi connectivity index (χ0n) is 11.9. The summed E-state index contributed by atoms with van der Waals surface area (Å²) in [5, 5.41) is 3.07. The second kappa shape index (κ2) is 6.30. The third kappa shape index (κ3) is 4.07. The van der Waals surface area contributed by atoms with E-state index >= 15 is 0 Å². The van der Waals surface area contributed by atoms with Crippen molar-refractivity contribution >= 4 is 0 Å². The van der Waals surface area contributed by atoms with Gasteiger partial charge in [0.2, 0.25) is 0 Å². The molecule has 0 radical (unpaired) electrons. The van der Waals surface area contributed by atoms with Crippen molar-refractivity contribution in [1.82, 2.24) is 10.3 Å². The van der Waals surface area contributed by atoms with Crippen LogP contribution in [0.3, 0.4) is 0 Å². The molecule has 0 fully saturated rings. The maximum Gasteiger partial charge on any atom is 0.416 e. The van der Waals surface area contributed by atoms with Crippen molar-refractivity contribution in [2.45, 2.75) is 32.0 Å². The molecule has 2 rings (SSSR count). The smallest absolute Gasteiger partial charge is 0.416 e. The predicted octanol–water partition coefficient (Wildman–Crippen LogP) is 3.43. The molecular formula is C15H17F3N2O. The maximum absolute atomic E-state index is 12.9. The second-order valence-corrected chi connectivity index (χ2v) is 4.96. The third-order valence-corrected chi connectivity index (χ3v) is 3.27. The fourth-order valence-corrected chi connectivity index (χ4v) is 2.05. The number of nitrogens with one attached hydrogen (secondary N) is 1. The molecule has 1 heterocycles. The summed E-state index contributed by atoms with van der Waals surface area (Å²) in [6, 6.07) is 5.70. The molecule has 3 nitrogen and oxygen atoms in total. The van der Waals surface area contributed by atoms with Crippen LogP contribution < -0.4 is 5.32 Å². The standard InChI is InChI=1S/C15H17F3N2O/c1-10(19-2)7-12-9-21-14(20-12)8-11-5-3-4-6-13(11)15(16,17)18/h3-6,9-10,19H,7-8H2,1-2H3. The number of alkyl halides is 3. The van der Waals surface area contributed by atoms with Crippen LogP contribution in [0, 0.1) is 0 Å². The molecular weight excluding hydrogens is 281 g/mol. The Labute approximate surface area is 121 Å². The molecule has 1 atom stereocenters. The van der Waals surface area contributed by atoms with Gasteiger partial charge in [0.25, 0.3) is 0 Å². The van der Waals surface area contributed by atoms with Gasteiger partial charge in [-0.05, 0) is 25.6 Å². The molecule has 1 unspecified atom stereocenters. The number of oxazole rings is 1. The predicted molar refractivity (Wildman–Crippen MR) is 73.0 cm³/mol. The van der Waals surface area contributed by atoms with Crippen LogP contribution in [0.5, 0.6) is 0 Å². The molecule has 1 aromatic heterocycles. The molecule has 0 aliphatic carbocycles. The molecule has 1 N–H and O–H groups in total. The summed E-state index contributed by atoms with van der Waals surface area (Å²) in [6.45, 7) is 1.99. The third-order valence-electron chi connectivity index (χ3n) is 3.27. The minimum Gasteiger partial charge on any atom is -0.448 e. The van der Waals surface area contributed by atoms with Crippen molar-refractivity contribution < 1.29 is 17.6 Å². The van der Waals surface area contributed by atoms with Crippen LogP contribution in [-0.4, -0.2) is 18.1 Å². The number of nitrogens with zero attached hydrogens (tertiary/aromatic N) is 1. The summed E-state index contributed by atoms with van der Waals surface area (Å²) in [6.07, 6.45) is -2.17.